The molecule has 0 spiro atoms. The number of hydrogen-bond donors (Lipinski definition) is 0. The maximum atomic E-state index is 5.93. The molecule has 0 bridgehead atoms. The Labute approximate surface area is 156 Å². The second kappa shape index (κ2) is 7.27. The summed E-state index contributed by atoms with van der Waals surface area (Å²) < 4.78 is 0. The number of hydrogen-bond acceptors (Lipinski definition) is 0. The molecule has 4 rings (SSSR count). The van der Waals surface area contributed by atoms with Gasteiger partial charge in [0.15, 0.2) is 0 Å². The van der Waals surface area contributed by atoms with Crippen molar-refractivity contribution in [2.45, 2.75) is 51.4 Å². The lowest BCUT2D eigenvalue weighted by atomic mass is 9.65. The van der Waals surface area contributed by atoms with Gasteiger partial charge in [0.05, 0.1) is 0 Å². The monoisotopic (exact) mass is 348 g/mol. The van der Waals surface area contributed by atoms with E-state index >= 15 is 0 Å². The van der Waals surface area contributed by atoms with Crippen LogP contribution in [-0.2, 0) is 6.42 Å². The third-order valence-corrected chi connectivity index (χ3v) is 6.44. The van der Waals surface area contributed by atoms with Crippen molar-refractivity contribution in [1.82, 2.24) is 0 Å². The smallest absolute Gasteiger partial charge is 0.0406 e. The fourth-order valence-corrected chi connectivity index (χ4v) is 4.87. The standard InChI is InChI=1S/C24H25Cl/c1-2-17-7-13-23-20(15-17)9-10-21-16-19(8-14-24(21)23)4-3-18-5-11-22(25)12-6-18/h5-6,8,11-12,14,16-17,20,23H,2,7,9-10,13,15H2,1H3/t17-,20-,23+/m1/s1. The minimum absolute atomic E-state index is 0.756. The molecule has 128 valence electrons. The molecule has 0 aromatic heterocycles. The molecule has 0 radical (unpaired) electrons. The van der Waals surface area contributed by atoms with Crippen LogP contribution in [0.15, 0.2) is 42.5 Å². The van der Waals surface area contributed by atoms with Gasteiger partial charge in [-0.15, -0.1) is 0 Å². The maximum Gasteiger partial charge on any atom is 0.0406 e. The third kappa shape index (κ3) is 3.63. The van der Waals surface area contributed by atoms with Gasteiger partial charge in [-0.2, -0.15) is 0 Å². The molecular weight excluding hydrogens is 324 g/mol. The fraction of sp³-hybridized carbons (Fsp3) is 0.417. The predicted molar refractivity (Wildman–Crippen MR) is 106 cm³/mol. The SMILES string of the molecule is CC[C@@H]1CC[C@@H]2c3ccc(C#Cc4ccc(Cl)cc4)cc3CC[C@@H]2C1. The summed E-state index contributed by atoms with van der Waals surface area (Å²) in [5, 5.41) is 0.756. The van der Waals surface area contributed by atoms with Crippen LogP contribution in [0.5, 0.6) is 0 Å². The summed E-state index contributed by atoms with van der Waals surface area (Å²) in [6, 6.07) is 14.7. The maximum absolute atomic E-state index is 5.93. The van der Waals surface area contributed by atoms with Crippen LogP contribution in [0.3, 0.4) is 0 Å². The van der Waals surface area contributed by atoms with Gasteiger partial charge in [-0.25, -0.2) is 0 Å². The first-order valence-electron chi connectivity index (χ1n) is 9.63. The van der Waals surface area contributed by atoms with Crippen molar-refractivity contribution in [1.29, 1.82) is 0 Å². The van der Waals surface area contributed by atoms with Gasteiger partial charge in [0.2, 0.25) is 0 Å². The molecule has 0 amide bonds. The molecule has 0 heterocycles. The zero-order valence-corrected chi connectivity index (χ0v) is 15.7. The van der Waals surface area contributed by atoms with E-state index < -0.39 is 0 Å². The molecule has 1 heteroatoms. The van der Waals surface area contributed by atoms with Crippen LogP contribution in [-0.4, -0.2) is 0 Å². The zero-order valence-electron chi connectivity index (χ0n) is 14.9. The molecule has 0 nitrogen and oxygen atoms in total. The van der Waals surface area contributed by atoms with E-state index in [0.717, 1.165) is 33.9 Å². The van der Waals surface area contributed by atoms with Crippen LogP contribution in [0.25, 0.3) is 0 Å². The first-order chi connectivity index (χ1) is 12.2. The van der Waals surface area contributed by atoms with E-state index in [2.05, 4.69) is 37.0 Å². The molecule has 2 aliphatic carbocycles. The summed E-state index contributed by atoms with van der Waals surface area (Å²) in [6.07, 6.45) is 8.18. The minimum Gasteiger partial charge on any atom is -0.0843 e. The van der Waals surface area contributed by atoms with Crippen molar-refractivity contribution < 1.29 is 0 Å². The predicted octanol–water partition coefficient (Wildman–Crippen LogP) is 6.60. The topological polar surface area (TPSA) is 0 Å². The van der Waals surface area contributed by atoms with Crippen LogP contribution in [0.2, 0.25) is 5.02 Å². The molecule has 0 unspecified atom stereocenters. The Morgan fingerprint density at radius 3 is 2.52 bits per heavy atom. The largest absolute Gasteiger partial charge is 0.0843 e. The summed E-state index contributed by atoms with van der Waals surface area (Å²) in [4.78, 5) is 0. The Kier molecular flexibility index (Phi) is 4.87. The highest BCUT2D eigenvalue weighted by atomic mass is 35.5. The zero-order chi connectivity index (χ0) is 17.2. The molecule has 2 aromatic rings. The van der Waals surface area contributed by atoms with Gasteiger partial charge in [0.25, 0.3) is 0 Å². The molecule has 25 heavy (non-hydrogen) atoms. The molecule has 0 aliphatic heterocycles. The van der Waals surface area contributed by atoms with Gasteiger partial charge in [-0.3, -0.25) is 0 Å². The Morgan fingerprint density at radius 1 is 0.960 bits per heavy atom. The summed E-state index contributed by atoms with van der Waals surface area (Å²) >= 11 is 5.93. The highest BCUT2D eigenvalue weighted by molar-refractivity contribution is 6.30. The first-order valence-corrected chi connectivity index (χ1v) is 10.0. The van der Waals surface area contributed by atoms with Gasteiger partial charge in [0, 0.05) is 16.1 Å². The Morgan fingerprint density at radius 2 is 1.72 bits per heavy atom. The average molecular weight is 349 g/mol. The van der Waals surface area contributed by atoms with E-state index in [-0.39, 0.29) is 0 Å². The van der Waals surface area contributed by atoms with Crippen molar-refractivity contribution in [2.24, 2.45) is 11.8 Å². The van der Waals surface area contributed by atoms with Crippen molar-refractivity contribution in [3.05, 3.63) is 69.7 Å². The number of fused-ring (bicyclic) bond motifs is 3. The summed E-state index contributed by atoms with van der Waals surface area (Å²) in [5.74, 6) is 9.26. The second-order valence-electron chi connectivity index (χ2n) is 7.66. The van der Waals surface area contributed by atoms with Crippen LogP contribution >= 0.6 is 11.6 Å². The lowest BCUT2D eigenvalue weighted by Crippen LogP contribution is -2.27. The quantitative estimate of drug-likeness (QED) is 0.509. The number of halogens is 1. The molecule has 1 saturated carbocycles. The van der Waals surface area contributed by atoms with E-state index in [0.29, 0.717) is 0 Å². The van der Waals surface area contributed by atoms with E-state index in [1.807, 2.05) is 24.3 Å². The van der Waals surface area contributed by atoms with Gasteiger partial charge < -0.3 is 0 Å². The molecule has 1 fully saturated rings. The summed E-state index contributed by atoms with van der Waals surface area (Å²) in [7, 11) is 0. The lowest BCUT2D eigenvalue weighted by molar-refractivity contribution is 0.206. The molecule has 3 atom stereocenters. The Hall–Kier alpha value is -1.71. The lowest BCUT2D eigenvalue weighted by Gasteiger charge is -2.40. The van der Waals surface area contributed by atoms with Crippen LogP contribution in [0.4, 0.5) is 0 Å². The van der Waals surface area contributed by atoms with E-state index in [4.69, 9.17) is 11.6 Å². The number of benzene rings is 2. The van der Waals surface area contributed by atoms with Gasteiger partial charge >= 0.3 is 0 Å². The van der Waals surface area contributed by atoms with Crippen LogP contribution < -0.4 is 0 Å². The van der Waals surface area contributed by atoms with Crippen LogP contribution in [0.1, 0.15) is 67.2 Å². The average Bonchev–Trinajstić information content (AvgIpc) is 2.66. The molecule has 2 aromatic carbocycles. The number of rotatable bonds is 1. The first kappa shape index (κ1) is 16.7. The van der Waals surface area contributed by atoms with Gasteiger partial charge in [-0.1, -0.05) is 42.9 Å². The minimum atomic E-state index is 0.756. The summed E-state index contributed by atoms with van der Waals surface area (Å²) in [5.41, 5.74) is 5.30. The second-order valence-corrected chi connectivity index (χ2v) is 8.10. The van der Waals surface area contributed by atoms with E-state index in [9.17, 15) is 0 Å². The van der Waals surface area contributed by atoms with Gasteiger partial charge in [-0.05, 0) is 97.4 Å². The normalized spacial score (nSPS) is 24.6. The molecule has 0 N–H and O–H groups in total. The van der Waals surface area contributed by atoms with E-state index in [1.165, 1.54) is 38.5 Å². The molecule has 0 saturated heterocycles. The number of aryl methyl sites for hydroxylation is 1. The van der Waals surface area contributed by atoms with Crippen molar-refractivity contribution in [3.8, 4) is 11.8 Å². The van der Waals surface area contributed by atoms with Crippen molar-refractivity contribution >= 4 is 11.6 Å². The Balaban J connectivity index is 1.55. The Bertz CT molecular complexity index is 806. The summed E-state index contributed by atoms with van der Waals surface area (Å²) in [6.45, 7) is 2.35. The van der Waals surface area contributed by atoms with Crippen molar-refractivity contribution in [3.63, 3.8) is 0 Å². The highest BCUT2D eigenvalue weighted by Crippen LogP contribution is 2.47. The molecular formula is C24H25Cl. The van der Waals surface area contributed by atoms with Crippen molar-refractivity contribution in [2.75, 3.05) is 0 Å². The van der Waals surface area contributed by atoms with E-state index in [1.54, 1.807) is 11.1 Å². The van der Waals surface area contributed by atoms with Crippen LogP contribution in [0, 0.1) is 23.7 Å². The van der Waals surface area contributed by atoms with Gasteiger partial charge in [0.1, 0.15) is 0 Å². The fourth-order valence-electron chi connectivity index (χ4n) is 4.74. The highest BCUT2D eigenvalue weighted by Gasteiger charge is 2.34. The third-order valence-electron chi connectivity index (χ3n) is 6.19. The molecule has 2 aliphatic rings.